The molecule has 3 atom stereocenters. The molecule has 0 unspecified atom stereocenters. The summed E-state index contributed by atoms with van der Waals surface area (Å²) < 4.78 is 25.9. The van der Waals surface area contributed by atoms with Crippen LogP contribution in [-0.4, -0.2) is 61.2 Å². The van der Waals surface area contributed by atoms with Crippen LogP contribution in [0.4, 0.5) is 20.6 Å². The third kappa shape index (κ3) is 5.71. The number of ether oxygens (including phenoxy) is 2. The van der Waals surface area contributed by atoms with E-state index in [9.17, 15) is 18.8 Å². The first-order chi connectivity index (χ1) is 16.9. The van der Waals surface area contributed by atoms with Crippen LogP contribution in [0.5, 0.6) is 5.75 Å². The van der Waals surface area contributed by atoms with Gasteiger partial charge in [0.05, 0.1) is 29.8 Å². The average Bonchev–Trinajstić information content (AvgIpc) is 2.83. The van der Waals surface area contributed by atoms with Crippen molar-refractivity contribution < 1.29 is 28.2 Å². The highest BCUT2D eigenvalue weighted by molar-refractivity contribution is 6.02. The standard InChI is InChI=1S/C25H29FN4O5/c1-3-27-23(31)13-16-9-10-20-22(35-16)14-34-21-11-8-15(12-17(21)24(32)30(20)2)28-25(33)29-19-7-5-4-6-18(19)26/h4-8,11-12,16,20,22H,3,9-10,13-14H2,1-2H3,(H,27,31)(H2,28,29,33)/t16-,20+,22-/m0/s1. The van der Waals surface area contributed by atoms with Crippen molar-refractivity contribution in [2.24, 2.45) is 0 Å². The first kappa shape index (κ1) is 24.5. The number of halogens is 1. The fourth-order valence-electron chi connectivity index (χ4n) is 4.43. The maximum atomic E-state index is 13.8. The number of rotatable bonds is 5. The Hall–Kier alpha value is -3.66. The second-order valence-electron chi connectivity index (χ2n) is 8.60. The molecule has 35 heavy (non-hydrogen) atoms. The molecule has 2 aliphatic rings. The molecule has 186 valence electrons. The zero-order chi connectivity index (χ0) is 24.9. The quantitative estimate of drug-likeness (QED) is 0.603. The van der Waals surface area contributed by atoms with E-state index in [4.69, 9.17) is 9.47 Å². The molecule has 0 aliphatic carbocycles. The molecule has 10 heteroatoms. The minimum absolute atomic E-state index is 0.0456. The molecular formula is C25H29FN4O5. The van der Waals surface area contributed by atoms with Crippen molar-refractivity contribution in [3.8, 4) is 5.75 Å². The second-order valence-corrected chi connectivity index (χ2v) is 8.60. The predicted molar refractivity (Wildman–Crippen MR) is 128 cm³/mol. The molecule has 0 saturated carbocycles. The van der Waals surface area contributed by atoms with Crippen LogP contribution in [0.3, 0.4) is 0 Å². The number of likely N-dealkylation sites (N-methyl/N-ethyl adjacent to an activating group) is 1. The van der Waals surface area contributed by atoms with Gasteiger partial charge in [-0.1, -0.05) is 12.1 Å². The van der Waals surface area contributed by atoms with Gasteiger partial charge in [-0.2, -0.15) is 0 Å². The normalized spacial score (nSPS) is 21.5. The van der Waals surface area contributed by atoms with Crippen molar-refractivity contribution >= 4 is 29.2 Å². The molecule has 0 bridgehead atoms. The fraction of sp³-hybridized carbons (Fsp3) is 0.400. The summed E-state index contributed by atoms with van der Waals surface area (Å²) in [4.78, 5) is 39.3. The molecule has 0 spiro atoms. The van der Waals surface area contributed by atoms with Crippen molar-refractivity contribution in [3.63, 3.8) is 0 Å². The Morgan fingerprint density at radius 3 is 2.71 bits per heavy atom. The summed E-state index contributed by atoms with van der Waals surface area (Å²) in [6.07, 6.45) is 1.01. The molecule has 2 aliphatic heterocycles. The third-order valence-electron chi connectivity index (χ3n) is 6.18. The van der Waals surface area contributed by atoms with Crippen LogP contribution in [0.15, 0.2) is 42.5 Å². The van der Waals surface area contributed by atoms with Crippen LogP contribution in [0.25, 0.3) is 0 Å². The molecule has 9 nitrogen and oxygen atoms in total. The van der Waals surface area contributed by atoms with Gasteiger partial charge in [0.1, 0.15) is 24.3 Å². The number of nitrogens with zero attached hydrogens (tertiary/aromatic N) is 1. The third-order valence-corrected chi connectivity index (χ3v) is 6.18. The minimum atomic E-state index is -0.637. The van der Waals surface area contributed by atoms with Gasteiger partial charge in [0.2, 0.25) is 5.91 Å². The Labute approximate surface area is 203 Å². The van der Waals surface area contributed by atoms with E-state index in [1.807, 2.05) is 6.92 Å². The Kier molecular flexibility index (Phi) is 7.50. The number of hydrogen-bond donors (Lipinski definition) is 3. The minimum Gasteiger partial charge on any atom is -0.490 e. The zero-order valence-corrected chi connectivity index (χ0v) is 19.7. The number of para-hydroxylation sites is 1. The summed E-state index contributed by atoms with van der Waals surface area (Å²) in [5.41, 5.74) is 0.713. The average molecular weight is 485 g/mol. The number of hydrogen-bond acceptors (Lipinski definition) is 5. The lowest BCUT2D eigenvalue weighted by Crippen LogP contribution is -2.54. The van der Waals surface area contributed by atoms with Crippen LogP contribution in [0.1, 0.15) is 36.5 Å². The summed E-state index contributed by atoms with van der Waals surface area (Å²) in [5.74, 6) is -0.506. The van der Waals surface area contributed by atoms with E-state index in [0.29, 0.717) is 36.4 Å². The number of nitrogens with one attached hydrogen (secondary N) is 3. The number of benzene rings is 2. The summed E-state index contributed by atoms with van der Waals surface area (Å²) in [6, 6.07) is 9.74. The van der Waals surface area contributed by atoms with E-state index < -0.39 is 11.8 Å². The van der Waals surface area contributed by atoms with Gasteiger partial charge in [0, 0.05) is 19.3 Å². The number of carbonyl (C=O) groups excluding carboxylic acids is 3. The molecule has 1 fully saturated rings. The first-order valence-corrected chi connectivity index (χ1v) is 11.6. The summed E-state index contributed by atoms with van der Waals surface area (Å²) in [6.45, 7) is 2.66. The lowest BCUT2D eigenvalue weighted by molar-refractivity contribution is -0.133. The molecule has 4 rings (SSSR count). The van der Waals surface area contributed by atoms with E-state index >= 15 is 0 Å². The number of amides is 4. The maximum absolute atomic E-state index is 13.8. The van der Waals surface area contributed by atoms with E-state index in [1.54, 1.807) is 30.1 Å². The Morgan fingerprint density at radius 1 is 1.14 bits per heavy atom. The van der Waals surface area contributed by atoms with Gasteiger partial charge in [-0.25, -0.2) is 9.18 Å². The summed E-state index contributed by atoms with van der Waals surface area (Å²) in [5, 5.41) is 7.85. The fourth-order valence-corrected chi connectivity index (χ4v) is 4.43. The van der Waals surface area contributed by atoms with Crippen molar-refractivity contribution in [1.29, 1.82) is 0 Å². The Bertz CT molecular complexity index is 1110. The molecule has 2 heterocycles. The highest BCUT2D eigenvalue weighted by atomic mass is 19.1. The lowest BCUT2D eigenvalue weighted by Gasteiger charge is -2.42. The monoisotopic (exact) mass is 484 g/mol. The van der Waals surface area contributed by atoms with Crippen molar-refractivity contribution in [2.45, 2.75) is 44.4 Å². The molecule has 2 aromatic carbocycles. The second kappa shape index (κ2) is 10.7. The highest BCUT2D eigenvalue weighted by Gasteiger charge is 2.39. The molecule has 1 saturated heterocycles. The zero-order valence-electron chi connectivity index (χ0n) is 19.7. The van der Waals surface area contributed by atoms with Crippen LogP contribution in [0.2, 0.25) is 0 Å². The van der Waals surface area contributed by atoms with Gasteiger partial charge in [0.15, 0.2) is 0 Å². The SMILES string of the molecule is CCNC(=O)C[C@@H]1CC[C@@H]2[C@H](COc3ccc(NC(=O)Nc4ccccc4F)cc3C(=O)N2C)O1. The Morgan fingerprint density at radius 2 is 1.94 bits per heavy atom. The van der Waals surface area contributed by atoms with Gasteiger partial charge in [0.25, 0.3) is 5.91 Å². The molecular weight excluding hydrogens is 455 g/mol. The molecule has 0 aromatic heterocycles. The summed E-state index contributed by atoms with van der Waals surface area (Å²) in [7, 11) is 1.72. The molecule has 2 aromatic rings. The molecule has 4 amide bonds. The maximum Gasteiger partial charge on any atom is 0.323 e. The largest absolute Gasteiger partial charge is 0.490 e. The van der Waals surface area contributed by atoms with Gasteiger partial charge < -0.3 is 30.3 Å². The van der Waals surface area contributed by atoms with E-state index in [2.05, 4.69) is 16.0 Å². The van der Waals surface area contributed by atoms with E-state index in [1.165, 1.54) is 24.3 Å². The van der Waals surface area contributed by atoms with Crippen LogP contribution < -0.4 is 20.7 Å². The summed E-state index contributed by atoms with van der Waals surface area (Å²) >= 11 is 0. The smallest absolute Gasteiger partial charge is 0.323 e. The number of carbonyl (C=O) groups is 3. The van der Waals surface area contributed by atoms with Crippen LogP contribution in [0, 0.1) is 5.82 Å². The van der Waals surface area contributed by atoms with Crippen LogP contribution >= 0.6 is 0 Å². The van der Waals surface area contributed by atoms with Gasteiger partial charge in [-0.05, 0) is 50.1 Å². The van der Waals surface area contributed by atoms with Gasteiger partial charge in [-0.3, -0.25) is 9.59 Å². The number of anilines is 2. The van der Waals surface area contributed by atoms with Gasteiger partial charge >= 0.3 is 6.03 Å². The topological polar surface area (TPSA) is 109 Å². The number of fused-ring (bicyclic) bond motifs is 2. The van der Waals surface area contributed by atoms with Gasteiger partial charge in [-0.15, -0.1) is 0 Å². The first-order valence-electron chi connectivity index (χ1n) is 11.6. The van der Waals surface area contributed by atoms with Crippen LogP contribution in [-0.2, 0) is 9.53 Å². The van der Waals surface area contributed by atoms with Crippen molar-refractivity contribution in [1.82, 2.24) is 10.2 Å². The van der Waals surface area contributed by atoms with E-state index in [0.717, 1.165) is 0 Å². The number of urea groups is 1. The lowest BCUT2D eigenvalue weighted by atomic mass is 9.94. The molecule has 0 radical (unpaired) electrons. The Balaban J connectivity index is 1.46. The molecule has 3 N–H and O–H groups in total. The predicted octanol–water partition coefficient (Wildman–Crippen LogP) is 3.38. The highest BCUT2D eigenvalue weighted by Crippen LogP contribution is 2.32. The van der Waals surface area contributed by atoms with Crippen molar-refractivity contribution in [3.05, 3.63) is 53.8 Å². The van der Waals surface area contributed by atoms with Crippen molar-refractivity contribution in [2.75, 3.05) is 30.8 Å². The van der Waals surface area contributed by atoms with E-state index in [-0.39, 0.29) is 48.8 Å².